The van der Waals surface area contributed by atoms with Gasteiger partial charge in [-0.3, -0.25) is 0 Å². The Morgan fingerprint density at radius 3 is 2.85 bits per heavy atom. The minimum atomic E-state index is 0.399. The van der Waals surface area contributed by atoms with E-state index in [2.05, 4.69) is 52.4 Å². The fraction of sp³-hybridized carbons (Fsp3) is 0.294. The summed E-state index contributed by atoms with van der Waals surface area (Å²) in [6.45, 7) is 2.15. The molecule has 0 fully saturated rings. The predicted octanol–water partition coefficient (Wildman–Crippen LogP) is 4.87. The van der Waals surface area contributed by atoms with E-state index in [1.54, 1.807) is 7.11 Å². The summed E-state index contributed by atoms with van der Waals surface area (Å²) in [6.07, 6.45) is 2.30. The van der Waals surface area contributed by atoms with Gasteiger partial charge in [-0.15, -0.1) is 0 Å². The van der Waals surface area contributed by atoms with Crippen LogP contribution in [0.25, 0.3) is 0 Å². The predicted molar refractivity (Wildman–Crippen MR) is 86.6 cm³/mol. The highest BCUT2D eigenvalue weighted by Gasteiger charge is 2.22. The molecule has 0 saturated carbocycles. The van der Waals surface area contributed by atoms with E-state index in [0.29, 0.717) is 6.04 Å². The van der Waals surface area contributed by atoms with E-state index in [9.17, 15) is 0 Å². The van der Waals surface area contributed by atoms with Crippen molar-refractivity contribution in [1.82, 2.24) is 0 Å². The Labute approximate surface area is 128 Å². The van der Waals surface area contributed by atoms with Gasteiger partial charge in [0.25, 0.3) is 0 Å². The zero-order chi connectivity index (χ0) is 14.1. The van der Waals surface area contributed by atoms with Gasteiger partial charge in [0.15, 0.2) is 0 Å². The van der Waals surface area contributed by atoms with Crippen LogP contribution >= 0.6 is 15.9 Å². The molecule has 0 aliphatic heterocycles. The molecule has 1 aliphatic rings. The molecular weight excluding hydrogens is 314 g/mol. The minimum absolute atomic E-state index is 0.399. The number of ether oxygens (including phenoxy) is 1. The third kappa shape index (κ3) is 2.55. The number of methoxy groups -OCH3 is 1. The van der Waals surface area contributed by atoms with Crippen LogP contribution in [0.2, 0.25) is 0 Å². The molecule has 0 heterocycles. The molecule has 2 nitrogen and oxygen atoms in total. The Morgan fingerprint density at radius 2 is 2.05 bits per heavy atom. The Morgan fingerprint density at radius 1 is 1.20 bits per heavy atom. The number of halogens is 1. The molecule has 1 atom stereocenters. The first-order valence-electron chi connectivity index (χ1n) is 6.87. The number of nitrogens with one attached hydrogen (secondary N) is 1. The van der Waals surface area contributed by atoms with Gasteiger partial charge in [0.2, 0.25) is 0 Å². The van der Waals surface area contributed by atoms with Crippen LogP contribution in [0.3, 0.4) is 0 Å². The molecule has 1 N–H and O–H groups in total. The van der Waals surface area contributed by atoms with Gasteiger partial charge in [-0.2, -0.15) is 0 Å². The van der Waals surface area contributed by atoms with Crippen LogP contribution in [0.15, 0.2) is 40.9 Å². The Balaban J connectivity index is 1.85. The summed E-state index contributed by atoms with van der Waals surface area (Å²) < 4.78 is 6.33. The first-order chi connectivity index (χ1) is 9.67. The van der Waals surface area contributed by atoms with E-state index in [1.807, 2.05) is 12.1 Å². The molecule has 3 heteroatoms. The van der Waals surface area contributed by atoms with Crippen LogP contribution < -0.4 is 10.1 Å². The first-order valence-corrected chi connectivity index (χ1v) is 7.66. The maximum Gasteiger partial charge on any atom is 0.135 e. The van der Waals surface area contributed by atoms with Crippen LogP contribution in [0.5, 0.6) is 5.75 Å². The largest absolute Gasteiger partial charge is 0.495 e. The number of fused-ring (bicyclic) bond motifs is 1. The topological polar surface area (TPSA) is 21.3 Å². The molecule has 0 radical (unpaired) electrons. The Kier molecular flexibility index (Phi) is 3.70. The van der Waals surface area contributed by atoms with Gasteiger partial charge in [-0.05, 0) is 59.0 Å². The molecule has 0 aromatic heterocycles. The summed E-state index contributed by atoms with van der Waals surface area (Å²) in [5.41, 5.74) is 5.33. The van der Waals surface area contributed by atoms with E-state index in [1.165, 1.54) is 16.7 Å². The number of benzene rings is 2. The lowest BCUT2D eigenvalue weighted by Crippen LogP contribution is -2.07. The second-order valence-electron chi connectivity index (χ2n) is 5.29. The van der Waals surface area contributed by atoms with Crippen molar-refractivity contribution in [2.75, 3.05) is 12.4 Å². The molecule has 1 unspecified atom stereocenters. The second-order valence-corrected chi connectivity index (χ2v) is 6.14. The van der Waals surface area contributed by atoms with Gasteiger partial charge in [-0.1, -0.05) is 23.8 Å². The van der Waals surface area contributed by atoms with E-state index in [0.717, 1.165) is 28.8 Å². The molecule has 20 heavy (non-hydrogen) atoms. The van der Waals surface area contributed by atoms with Crippen LogP contribution in [0.1, 0.15) is 29.2 Å². The normalized spacial score (nSPS) is 16.9. The highest BCUT2D eigenvalue weighted by molar-refractivity contribution is 9.10. The zero-order valence-electron chi connectivity index (χ0n) is 11.7. The lowest BCUT2D eigenvalue weighted by Gasteiger charge is -2.17. The zero-order valence-corrected chi connectivity index (χ0v) is 13.3. The van der Waals surface area contributed by atoms with Gasteiger partial charge in [-0.25, -0.2) is 0 Å². The van der Waals surface area contributed by atoms with Gasteiger partial charge in [0.05, 0.1) is 17.6 Å². The molecule has 0 spiro atoms. The SMILES string of the molecule is COc1cc(NC2CCc3ccc(C)cc32)ccc1Br. The average molecular weight is 332 g/mol. The molecule has 0 bridgehead atoms. The standard InChI is InChI=1S/C17H18BrNO/c1-11-3-4-12-5-8-16(14(12)9-11)19-13-6-7-15(18)17(10-13)20-2/h3-4,6-7,9-10,16,19H,5,8H2,1-2H3. The van der Waals surface area contributed by atoms with E-state index >= 15 is 0 Å². The molecule has 0 amide bonds. The van der Waals surface area contributed by atoms with Crippen molar-refractivity contribution in [3.05, 3.63) is 57.6 Å². The number of aryl methyl sites for hydroxylation is 2. The lowest BCUT2D eigenvalue weighted by molar-refractivity contribution is 0.412. The monoisotopic (exact) mass is 331 g/mol. The summed E-state index contributed by atoms with van der Waals surface area (Å²) in [6, 6.07) is 13.3. The average Bonchev–Trinajstić information content (AvgIpc) is 2.83. The number of rotatable bonds is 3. The maximum atomic E-state index is 5.35. The van der Waals surface area contributed by atoms with Crippen molar-refractivity contribution >= 4 is 21.6 Å². The van der Waals surface area contributed by atoms with Crippen LogP contribution in [-0.4, -0.2) is 7.11 Å². The van der Waals surface area contributed by atoms with E-state index in [4.69, 9.17) is 4.74 Å². The summed E-state index contributed by atoms with van der Waals surface area (Å²) in [5.74, 6) is 0.859. The Hall–Kier alpha value is -1.48. The number of hydrogen-bond acceptors (Lipinski definition) is 2. The van der Waals surface area contributed by atoms with Crippen molar-refractivity contribution in [3.63, 3.8) is 0 Å². The third-order valence-corrected chi connectivity index (χ3v) is 4.53. The van der Waals surface area contributed by atoms with Crippen molar-refractivity contribution in [3.8, 4) is 5.75 Å². The molecule has 104 valence electrons. The van der Waals surface area contributed by atoms with E-state index < -0.39 is 0 Å². The lowest BCUT2D eigenvalue weighted by atomic mass is 10.0. The second kappa shape index (κ2) is 5.49. The molecule has 3 rings (SSSR count). The summed E-state index contributed by atoms with van der Waals surface area (Å²) in [5, 5.41) is 3.63. The van der Waals surface area contributed by atoms with Crippen molar-refractivity contribution in [2.24, 2.45) is 0 Å². The summed E-state index contributed by atoms with van der Waals surface area (Å²) in [7, 11) is 1.69. The fourth-order valence-corrected chi connectivity index (χ4v) is 3.23. The van der Waals surface area contributed by atoms with Gasteiger partial charge in [0.1, 0.15) is 5.75 Å². The van der Waals surface area contributed by atoms with Crippen molar-refractivity contribution in [1.29, 1.82) is 0 Å². The summed E-state index contributed by atoms with van der Waals surface area (Å²) in [4.78, 5) is 0. The van der Waals surface area contributed by atoms with Crippen LogP contribution in [-0.2, 0) is 6.42 Å². The quantitative estimate of drug-likeness (QED) is 0.866. The van der Waals surface area contributed by atoms with Crippen molar-refractivity contribution < 1.29 is 4.74 Å². The highest BCUT2D eigenvalue weighted by atomic mass is 79.9. The summed E-state index contributed by atoms with van der Waals surface area (Å²) >= 11 is 3.49. The number of hydrogen-bond donors (Lipinski definition) is 1. The van der Waals surface area contributed by atoms with Crippen molar-refractivity contribution in [2.45, 2.75) is 25.8 Å². The molecular formula is C17H18BrNO. The molecule has 0 saturated heterocycles. The van der Waals surface area contributed by atoms with Gasteiger partial charge in [0, 0.05) is 11.8 Å². The Bertz CT molecular complexity index is 639. The smallest absolute Gasteiger partial charge is 0.135 e. The third-order valence-electron chi connectivity index (χ3n) is 3.87. The van der Waals surface area contributed by atoms with Gasteiger partial charge >= 0.3 is 0 Å². The van der Waals surface area contributed by atoms with Gasteiger partial charge < -0.3 is 10.1 Å². The van der Waals surface area contributed by atoms with E-state index in [-0.39, 0.29) is 0 Å². The minimum Gasteiger partial charge on any atom is -0.495 e. The molecule has 2 aromatic carbocycles. The molecule has 2 aromatic rings. The molecule has 1 aliphatic carbocycles. The number of anilines is 1. The highest BCUT2D eigenvalue weighted by Crippen LogP contribution is 2.36. The fourth-order valence-electron chi connectivity index (χ4n) is 2.82. The first kappa shape index (κ1) is 13.5. The van der Waals surface area contributed by atoms with Crippen LogP contribution in [0, 0.1) is 6.92 Å². The maximum absolute atomic E-state index is 5.35. The van der Waals surface area contributed by atoms with Crippen LogP contribution in [0.4, 0.5) is 5.69 Å².